The Hall–Kier alpha value is -1.10. The van der Waals surface area contributed by atoms with Crippen molar-refractivity contribution in [1.29, 1.82) is 0 Å². The molecule has 0 aromatic carbocycles. The molecule has 1 N–H and O–H groups in total. The van der Waals surface area contributed by atoms with Gasteiger partial charge in [0.1, 0.15) is 0 Å². The highest BCUT2D eigenvalue weighted by molar-refractivity contribution is 5.07. The van der Waals surface area contributed by atoms with Crippen LogP contribution in [0.2, 0.25) is 0 Å². The fourth-order valence-corrected chi connectivity index (χ4v) is 1.15. The topological polar surface area (TPSA) is 24.9 Å². The van der Waals surface area contributed by atoms with Gasteiger partial charge in [-0.1, -0.05) is 6.07 Å². The maximum absolute atomic E-state index is 11.8. The van der Waals surface area contributed by atoms with E-state index in [-0.39, 0.29) is 6.42 Å². The van der Waals surface area contributed by atoms with Crippen LogP contribution in [0.25, 0.3) is 0 Å². The molecule has 0 bridgehead atoms. The lowest BCUT2D eigenvalue weighted by Crippen LogP contribution is -2.17. The quantitative estimate of drug-likeness (QED) is 0.768. The van der Waals surface area contributed by atoms with Crippen LogP contribution in [-0.4, -0.2) is 17.7 Å². The average Bonchev–Trinajstić information content (AvgIpc) is 2.17. The van der Waals surface area contributed by atoms with Crippen LogP contribution in [0.4, 0.5) is 13.2 Å². The van der Waals surface area contributed by atoms with Crippen molar-refractivity contribution < 1.29 is 13.2 Å². The van der Waals surface area contributed by atoms with E-state index in [1.165, 1.54) is 0 Å². The predicted molar refractivity (Wildman–Crippen MR) is 51.2 cm³/mol. The highest BCUT2D eigenvalue weighted by Crippen LogP contribution is 2.20. The summed E-state index contributed by atoms with van der Waals surface area (Å²) in [5.41, 5.74) is 0.976. The van der Waals surface area contributed by atoms with Gasteiger partial charge in [0.2, 0.25) is 0 Å². The molecule has 84 valence electrons. The number of nitrogens with zero attached hydrogens (tertiary/aromatic N) is 1. The summed E-state index contributed by atoms with van der Waals surface area (Å²) in [7, 11) is 0. The molecular formula is C10H13F3N2. The normalized spacial score (nSPS) is 11.7. The Kier molecular flexibility index (Phi) is 4.55. The van der Waals surface area contributed by atoms with Gasteiger partial charge in [-0.2, -0.15) is 13.2 Å². The molecule has 0 saturated carbocycles. The summed E-state index contributed by atoms with van der Waals surface area (Å²) in [4.78, 5) is 3.90. The average molecular weight is 218 g/mol. The molecule has 0 aliphatic carbocycles. The number of halogens is 3. The van der Waals surface area contributed by atoms with Gasteiger partial charge in [0.25, 0.3) is 0 Å². The van der Waals surface area contributed by atoms with Gasteiger partial charge in [-0.25, -0.2) is 0 Å². The molecule has 0 amide bonds. The number of nitrogens with one attached hydrogen (secondary N) is 1. The Morgan fingerprint density at radius 2 is 2.13 bits per heavy atom. The lowest BCUT2D eigenvalue weighted by atomic mass is 10.2. The highest BCUT2D eigenvalue weighted by atomic mass is 19.4. The van der Waals surface area contributed by atoms with Crippen LogP contribution in [0.15, 0.2) is 24.5 Å². The van der Waals surface area contributed by atoms with Crippen LogP contribution >= 0.6 is 0 Å². The number of aromatic nitrogens is 1. The van der Waals surface area contributed by atoms with E-state index in [0.29, 0.717) is 13.1 Å². The molecule has 0 unspecified atom stereocenters. The molecular weight excluding hydrogens is 205 g/mol. The van der Waals surface area contributed by atoms with Gasteiger partial charge in [-0.3, -0.25) is 4.98 Å². The van der Waals surface area contributed by atoms with Crippen molar-refractivity contribution in [3.05, 3.63) is 30.1 Å². The summed E-state index contributed by atoms with van der Waals surface area (Å²) in [6.07, 6.45) is -1.31. The lowest BCUT2D eigenvalue weighted by molar-refractivity contribution is -0.135. The Balaban J connectivity index is 2.08. The predicted octanol–water partition coefficient (Wildman–Crippen LogP) is 2.51. The van der Waals surface area contributed by atoms with E-state index in [4.69, 9.17) is 0 Å². The van der Waals surface area contributed by atoms with Gasteiger partial charge >= 0.3 is 6.18 Å². The standard InChI is InChI=1S/C10H13F3N2/c11-10(12,13)4-2-6-15-8-9-3-1-5-14-7-9/h1,3,5,7,15H,2,4,6,8H2. The molecule has 2 nitrogen and oxygen atoms in total. The van der Waals surface area contributed by atoms with Crippen LogP contribution in [0.1, 0.15) is 18.4 Å². The van der Waals surface area contributed by atoms with Crippen molar-refractivity contribution in [2.75, 3.05) is 6.54 Å². The monoisotopic (exact) mass is 218 g/mol. The van der Waals surface area contributed by atoms with Crippen molar-refractivity contribution in [3.63, 3.8) is 0 Å². The largest absolute Gasteiger partial charge is 0.389 e. The number of alkyl halides is 3. The second-order valence-electron chi connectivity index (χ2n) is 3.26. The molecule has 15 heavy (non-hydrogen) atoms. The van der Waals surface area contributed by atoms with Crippen molar-refractivity contribution in [3.8, 4) is 0 Å². The van der Waals surface area contributed by atoms with Gasteiger partial charge in [0.15, 0.2) is 0 Å². The van der Waals surface area contributed by atoms with Crippen LogP contribution < -0.4 is 5.32 Å². The van der Waals surface area contributed by atoms with Crippen LogP contribution in [0, 0.1) is 0 Å². The molecule has 5 heteroatoms. The van der Waals surface area contributed by atoms with E-state index in [1.54, 1.807) is 18.5 Å². The number of rotatable bonds is 5. The summed E-state index contributed by atoms with van der Waals surface area (Å²) >= 11 is 0. The molecule has 0 radical (unpaired) electrons. The maximum Gasteiger partial charge on any atom is 0.389 e. The third-order valence-electron chi connectivity index (χ3n) is 1.87. The Labute approximate surface area is 86.5 Å². The van der Waals surface area contributed by atoms with Crippen LogP contribution in [0.5, 0.6) is 0 Å². The highest BCUT2D eigenvalue weighted by Gasteiger charge is 2.25. The first-order valence-corrected chi connectivity index (χ1v) is 4.74. The summed E-state index contributed by atoms with van der Waals surface area (Å²) in [6.45, 7) is 0.931. The third-order valence-corrected chi connectivity index (χ3v) is 1.87. The van der Waals surface area contributed by atoms with Gasteiger partial charge in [0, 0.05) is 25.4 Å². The van der Waals surface area contributed by atoms with Gasteiger partial charge < -0.3 is 5.32 Å². The molecule has 1 heterocycles. The first kappa shape index (κ1) is 12.0. The lowest BCUT2D eigenvalue weighted by Gasteiger charge is -2.06. The number of hydrogen-bond acceptors (Lipinski definition) is 2. The van der Waals surface area contributed by atoms with E-state index in [2.05, 4.69) is 10.3 Å². The minimum absolute atomic E-state index is 0.115. The van der Waals surface area contributed by atoms with E-state index in [0.717, 1.165) is 5.56 Å². The second kappa shape index (κ2) is 5.70. The molecule has 0 saturated heterocycles. The SMILES string of the molecule is FC(F)(F)CCCNCc1cccnc1. The van der Waals surface area contributed by atoms with Crippen LogP contribution in [-0.2, 0) is 6.54 Å². The van der Waals surface area contributed by atoms with Crippen molar-refractivity contribution in [2.45, 2.75) is 25.6 Å². The summed E-state index contributed by atoms with van der Waals surface area (Å²) in [5.74, 6) is 0. The van der Waals surface area contributed by atoms with Crippen molar-refractivity contribution in [2.24, 2.45) is 0 Å². The smallest absolute Gasteiger partial charge is 0.313 e. The van der Waals surface area contributed by atoms with Gasteiger partial charge in [-0.15, -0.1) is 0 Å². The summed E-state index contributed by atoms with van der Waals surface area (Å²) < 4.78 is 35.3. The molecule has 0 spiro atoms. The minimum atomic E-state index is -4.05. The molecule has 1 aromatic rings. The molecule has 1 rings (SSSR count). The zero-order chi connectivity index (χ0) is 11.1. The van der Waals surface area contributed by atoms with Gasteiger partial charge in [-0.05, 0) is 24.6 Å². The zero-order valence-corrected chi connectivity index (χ0v) is 8.22. The van der Waals surface area contributed by atoms with Crippen molar-refractivity contribution in [1.82, 2.24) is 10.3 Å². The Bertz CT molecular complexity index is 272. The second-order valence-corrected chi connectivity index (χ2v) is 3.26. The number of hydrogen-bond donors (Lipinski definition) is 1. The fraction of sp³-hybridized carbons (Fsp3) is 0.500. The Morgan fingerprint density at radius 3 is 2.73 bits per heavy atom. The fourth-order valence-electron chi connectivity index (χ4n) is 1.15. The van der Waals surface area contributed by atoms with Gasteiger partial charge in [0.05, 0.1) is 0 Å². The number of pyridine rings is 1. The summed E-state index contributed by atoms with van der Waals surface area (Å²) in [6, 6.07) is 3.68. The Morgan fingerprint density at radius 1 is 1.33 bits per heavy atom. The molecule has 0 aliphatic heterocycles. The van der Waals surface area contributed by atoms with E-state index in [1.807, 2.05) is 6.07 Å². The van der Waals surface area contributed by atoms with Crippen LogP contribution in [0.3, 0.4) is 0 Å². The third kappa shape index (κ3) is 6.06. The first-order chi connectivity index (χ1) is 7.08. The minimum Gasteiger partial charge on any atom is -0.313 e. The maximum atomic E-state index is 11.8. The zero-order valence-electron chi connectivity index (χ0n) is 8.22. The molecule has 1 aromatic heterocycles. The molecule has 0 fully saturated rings. The van der Waals surface area contributed by atoms with E-state index < -0.39 is 12.6 Å². The van der Waals surface area contributed by atoms with E-state index in [9.17, 15) is 13.2 Å². The molecule has 0 aliphatic rings. The first-order valence-electron chi connectivity index (χ1n) is 4.74. The van der Waals surface area contributed by atoms with Crippen molar-refractivity contribution >= 4 is 0 Å². The summed E-state index contributed by atoms with van der Waals surface area (Å²) in [5, 5.41) is 2.93. The molecule has 0 atom stereocenters. The van der Waals surface area contributed by atoms with E-state index >= 15 is 0 Å².